The van der Waals surface area contributed by atoms with Gasteiger partial charge in [-0.25, -0.2) is 0 Å². The molecule has 1 amide bonds. The summed E-state index contributed by atoms with van der Waals surface area (Å²) < 4.78 is 0. The van der Waals surface area contributed by atoms with Crippen LogP contribution in [0.1, 0.15) is 56.3 Å². The molecule has 18 heavy (non-hydrogen) atoms. The van der Waals surface area contributed by atoms with E-state index in [4.69, 9.17) is 0 Å². The molecular formula is C14H23N3O. The molecule has 0 aliphatic heterocycles. The molecule has 4 heteroatoms. The van der Waals surface area contributed by atoms with Crippen LogP contribution in [0.25, 0.3) is 0 Å². The molecule has 0 unspecified atom stereocenters. The molecule has 1 aliphatic rings. The molecule has 0 aromatic carbocycles. The zero-order chi connectivity index (χ0) is 13.0. The minimum Gasteiger partial charge on any atom is -0.323 e. The van der Waals surface area contributed by atoms with Gasteiger partial charge >= 0.3 is 0 Å². The second-order valence-corrected chi connectivity index (χ2v) is 5.34. The first-order valence-electron chi connectivity index (χ1n) is 7.01. The number of anilines is 1. The number of amides is 1. The third kappa shape index (κ3) is 3.12. The lowest BCUT2D eigenvalue weighted by Crippen LogP contribution is -2.24. The summed E-state index contributed by atoms with van der Waals surface area (Å²) in [5.74, 6) is 0.350. The first-order chi connectivity index (χ1) is 8.68. The lowest BCUT2D eigenvalue weighted by atomic mass is 9.90. The maximum Gasteiger partial charge on any atom is 0.227 e. The van der Waals surface area contributed by atoms with Gasteiger partial charge in [0.2, 0.25) is 5.91 Å². The summed E-state index contributed by atoms with van der Waals surface area (Å²) in [6.45, 7) is 3.85. The van der Waals surface area contributed by atoms with E-state index in [1.165, 1.54) is 32.1 Å². The molecule has 100 valence electrons. The normalized spacial score (nSPS) is 18.1. The molecule has 1 heterocycles. The van der Waals surface area contributed by atoms with Crippen LogP contribution < -0.4 is 5.32 Å². The van der Waals surface area contributed by atoms with Gasteiger partial charge in [-0.1, -0.05) is 32.1 Å². The number of hydrogen-bond donors (Lipinski definition) is 2. The van der Waals surface area contributed by atoms with Gasteiger partial charge in [0.15, 0.2) is 0 Å². The van der Waals surface area contributed by atoms with Gasteiger partial charge in [-0.15, -0.1) is 0 Å². The second kappa shape index (κ2) is 6.03. The number of hydrogen-bond acceptors (Lipinski definition) is 2. The molecule has 0 bridgehead atoms. The van der Waals surface area contributed by atoms with Crippen LogP contribution in [-0.2, 0) is 4.79 Å². The van der Waals surface area contributed by atoms with Crippen molar-refractivity contribution in [3.8, 4) is 0 Å². The van der Waals surface area contributed by atoms with E-state index >= 15 is 0 Å². The summed E-state index contributed by atoms with van der Waals surface area (Å²) in [5.41, 5.74) is 2.67. The van der Waals surface area contributed by atoms with E-state index in [0.29, 0.717) is 0 Å². The lowest BCUT2D eigenvalue weighted by molar-refractivity contribution is -0.120. The third-order valence-corrected chi connectivity index (χ3v) is 3.85. The van der Waals surface area contributed by atoms with Crippen molar-refractivity contribution in [2.24, 2.45) is 5.92 Å². The summed E-state index contributed by atoms with van der Waals surface area (Å²) in [6.07, 6.45) is 8.29. The predicted octanol–water partition coefficient (Wildman–Crippen LogP) is 3.33. The third-order valence-electron chi connectivity index (χ3n) is 3.85. The minimum atomic E-state index is 0.171. The maximum absolute atomic E-state index is 12.3. The largest absolute Gasteiger partial charge is 0.323 e. The van der Waals surface area contributed by atoms with E-state index in [9.17, 15) is 4.79 Å². The van der Waals surface area contributed by atoms with Crippen LogP contribution in [0.3, 0.4) is 0 Å². The molecule has 4 nitrogen and oxygen atoms in total. The van der Waals surface area contributed by atoms with Crippen LogP contribution in [-0.4, -0.2) is 16.1 Å². The van der Waals surface area contributed by atoms with E-state index < -0.39 is 0 Å². The molecular weight excluding hydrogens is 226 g/mol. The number of rotatable bonds is 2. The molecule has 0 atom stereocenters. The molecule has 1 saturated carbocycles. The van der Waals surface area contributed by atoms with Crippen molar-refractivity contribution >= 4 is 11.6 Å². The van der Waals surface area contributed by atoms with E-state index in [2.05, 4.69) is 15.5 Å². The summed E-state index contributed by atoms with van der Waals surface area (Å²) in [4.78, 5) is 12.3. The number of H-pyrrole nitrogens is 1. The number of aryl methyl sites for hydroxylation is 2. The summed E-state index contributed by atoms with van der Waals surface area (Å²) in [6, 6.07) is 0. The Bertz CT molecular complexity index is 384. The predicted molar refractivity (Wildman–Crippen MR) is 72.5 cm³/mol. The number of nitrogens with one attached hydrogen (secondary N) is 2. The quantitative estimate of drug-likeness (QED) is 0.844. The molecule has 0 radical (unpaired) electrons. The highest BCUT2D eigenvalue weighted by Gasteiger charge is 2.21. The van der Waals surface area contributed by atoms with Crippen LogP contribution in [0.15, 0.2) is 0 Å². The Kier molecular flexibility index (Phi) is 4.39. The van der Waals surface area contributed by atoms with Crippen molar-refractivity contribution in [2.45, 2.75) is 58.8 Å². The minimum absolute atomic E-state index is 0.171. The van der Waals surface area contributed by atoms with Gasteiger partial charge in [0, 0.05) is 5.92 Å². The van der Waals surface area contributed by atoms with Gasteiger partial charge < -0.3 is 5.32 Å². The van der Waals surface area contributed by atoms with Crippen molar-refractivity contribution in [2.75, 3.05) is 5.32 Å². The highest BCUT2D eigenvalue weighted by Crippen LogP contribution is 2.25. The van der Waals surface area contributed by atoms with Gasteiger partial charge in [-0.05, 0) is 26.7 Å². The average Bonchev–Trinajstić information content (AvgIpc) is 2.60. The fourth-order valence-corrected chi connectivity index (χ4v) is 2.68. The van der Waals surface area contributed by atoms with E-state index in [-0.39, 0.29) is 11.8 Å². The SMILES string of the molecule is Cc1n[nH]c(C)c1NC(=O)C1CCCCCCC1. The summed E-state index contributed by atoms with van der Waals surface area (Å²) in [7, 11) is 0. The monoisotopic (exact) mass is 249 g/mol. The molecule has 0 saturated heterocycles. The molecule has 1 aromatic rings. The number of nitrogens with zero attached hydrogens (tertiary/aromatic N) is 1. The van der Waals surface area contributed by atoms with Crippen molar-refractivity contribution in [1.29, 1.82) is 0 Å². The standard InChI is InChI=1S/C14H23N3O/c1-10-13(11(2)17-16-10)15-14(18)12-8-6-4-3-5-7-9-12/h12H,3-9H2,1-2H3,(H,15,18)(H,16,17). The fourth-order valence-electron chi connectivity index (χ4n) is 2.68. The van der Waals surface area contributed by atoms with Gasteiger partial charge in [-0.3, -0.25) is 9.89 Å². The Labute approximate surface area is 109 Å². The Hall–Kier alpha value is -1.32. The van der Waals surface area contributed by atoms with Crippen molar-refractivity contribution < 1.29 is 4.79 Å². The van der Waals surface area contributed by atoms with Gasteiger partial charge in [0.25, 0.3) is 0 Å². The Morgan fingerprint density at radius 2 is 1.78 bits per heavy atom. The Morgan fingerprint density at radius 1 is 1.17 bits per heavy atom. The van der Waals surface area contributed by atoms with Crippen molar-refractivity contribution in [3.05, 3.63) is 11.4 Å². The average molecular weight is 249 g/mol. The van der Waals surface area contributed by atoms with Crippen molar-refractivity contribution in [3.63, 3.8) is 0 Å². The zero-order valence-electron chi connectivity index (χ0n) is 11.4. The Morgan fingerprint density at radius 3 is 2.33 bits per heavy atom. The Balaban J connectivity index is 1.98. The first kappa shape index (κ1) is 13.1. The van der Waals surface area contributed by atoms with E-state index in [1.54, 1.807) is 0 Å². The summed E-state index contributed by atoms with van der Waals surface area (Å²) in [5, 5.41) is 10.1. The number of aromatic amines is 1. The fraction of sp³-hybridized carbons (Fsp3) is 0.714. The highest BCUT2D eigenvalue weighted by atomic mass is 16.1. The second-order valence-electron chi connectivity index (χ2n) is 5.34. The molecule has 1 fully saturated rings. The highest BCUT2D eigenvalue weighted by molar-refractivity contribution is 5.93. The zero-order valence-corrected chi connectivity index (χ0v) is 11.4. The van der Waals surface area contributed by atoms with Crippen LogP contribution >= 0.6 is 0 Å². The lowest BCUT2D eigenvalue weighted by Gasteiger charge is -2.19. The van der Waals surface area contributed by atoms with Crippen LogP contribution in [0.2, 0.25) is 0 Å². The summed E-state index contributed by atoms with van der Waals surface area (Å²) >= 11 is 0. The molecule has 1 aromatic heterocycles. The molecule has 2 rings (SSSR count). The number of aromatic nitrogens is 2. The molecule has 1 aliphatic carbocycles. The van der Waals surface area contributed by atoms with Gasteiger partial charge in [0.1, 0.15) is 0 Å². The van der Waals surface area contributed by atoms with Crippen molar-refractivity contribution in [1.82, 2.24) is 10.2 Å². The van der Waals surface area contributed by atoms with Crippen LogP contribution in [0.5, 0.6) is 0 Å². The molecule has 2 N–H and O–H groups in total. The van der Waals surface area contributed by atoms with Gasteiger partial charge in [-0.2, -0.15) is 5.10 Å². The van der Waals surface area contributed by atoms with Crippen LogP contribution in [0, 0.1) is 19.8 Å². The topological polar surface area (TPSA) is 57.8 Å². The number of carbonyl (C=O) groups excluding carboxylic acids is 1. The van der Waals surface area contributed by atoms with Crippen LogP contribution in [0.4, 0.5) is 5.69 Å². The molecule has 0 spiro atoms. The first-order valence-corrected chi connectivity index (χ1v) is 7.01. The van der Waals surface area contributed by atoms with E-state index in [0.717, 1.165) is 29.9 Å². The smallest absolute Gasteiger partial charge is 0.227 e. The van der Waals surface area contributed by atoms with E-state index in [1.807, 2.05) is 13.8 Å². The maximum atomic E-state index is 12.3. The number of carbonyl (C=O) groups is 1. The van der Waals surface area contributed by atoms with Gasteiger partial charge in [0.05, 0.1) is 17.1 Å².